The number of aromatic amines is 1. The fraction of sp³-hybridized carbons (Fsp3) is 0.250. The number of nitrogens with zero attached hydrogens (tertiary/aromatic N) is 1. The molecule has 1 heterocycles. The van der Waals surface area contributed by atoms with E-state index >= 15 is 0 Å². The molecule has 16 heavy (non-hydrogen) atoms. The molecular formula is C12H13BrN2O. The second kappa shape index (κ2) is 4.70. The molecule has 1 aromatic carbocycles. The van der Waals surface area contributed by atoms with Crippen LogP contribution >= 0.6 is 15.9 Å². The van der Waals surface area contributed by atoms with Gasteiger partial charge in [-0.15, -0.1) is 0 Å². The van der Waals surface area contributed by atoms with Gasteiger partial charge in [0.25, 0.3) is 5.56 Å². The van der Waals surface area contributed by atoms with E-state index in [4.69, 9.17) is 0 Å². The summed E-state index contributed by atoms with van der Waals surface area (Å²) in [5.74, 6) is 0. The summed E-state index contributed by atoms with van der Waals surface area (Å²) in [5, 5.41) is 3.11. The van der Waals surface area contributed by atoms with Gasteiger partial charge in [0.1, 0.15) is 4.47 Å². The van der Waals surface area contributed by atoms with E-state index in [1.54, 1.807) is 4.68 Å². The number of halogens is 1. The van der Waals surface area contributed by atoms with Gasteiger partial charge in [0, 0.05) is 0 Å². The molecule has 4 heteroatoms. The summed E-state index contributed by atoms with van der Waals surface area (Å²) in [7, 11) is 0. The first-order valence-electron chi connectivity index (χ1n) is 5.23. The molecule has 0 radical (unpaired) electrons. The van der Waals surface area contributed by atoms with Crippen molar-refractivity contribution in [1.29, 1.82) is 0 Å². The molecule has 0 saturated carbocycles. The molecule has 0 spiro atoms. The molecule has 1 N–H and O–H groups in total. The Morgan fingerprint density at radius 1 is 1.31 bits per heavy atom. The molecule has 0 aliphatic heterocycles. The lowest BCUT2D eigenvalue weighted by Gasteiger charge is -2.01. The van der Waals surface area contributed by atoms with E-state index in [1.807, 2.05) is 37.3 Å². The minimum Gasteiger partial charge on any atom is -0.298 e. The monoisotopic (exact) mass is 280 g/mol. The zero-order valence-electron chi connectivity index (χ0n) is 9.03. The number of benzene rings is 1. The lowest BCUT2D eigenvalue weighted by atomic mass is 10.2. The van der Waals surface area contributed by atoms with Crippen LogP contribution in [0.4, 0.5) is 0 Å². The van der Waals surface area contributed by atoms with Gasteiger partial charge in [-0.05, 0) is 27.9 Å². The Kier molecular flexibility index (Phi) is 3.29. The minimum atomic E-state index is 0.000651. The molecule has 0 bridgehead atoms. The summed E-state index contributed by atoms with van der Waals surface area (Å²) < 4.78 is 2.27. The maximum Gasteiger partial charge on any atom is 0.281 e. The highest BCUT2D eigenvalue weighted by Crippen LogP contribution is 2.10. The second-order valence-corrected chi connectivity index (χ2v) is 4.43. The van der Waals surface area contributed by atoms with Crippen molar-refractivity contribution in [2.24, 2.45) is 0 Å². The minimum absolute atomic E-state index is 0.000651. The molecule has 2 aromatic rings. The van der Waals surface area contributed by atoms with Gasteiger partial charge in [0.15, 0.2) is 0 Å². The van der Waals surface area contributed by atoms with Gasteiger partial charge >= 0.3 is 0 Å². The molecule has 0 unspecified atom stereocenters. The van der Waals surface area contributed by atoms with Gasteiger partial charge in [-0.25, -0.2) is 4.68 Å². The van der Waals surface area contributed by atoms with Crippen molar-refractivity contribution in [1.82, 2.24) is 9.78 Å². The Hall–Kier alpha value is -1.29. The van der Waals surface area contributed by atoms with E-state index in [2.05, 4.69) is 21.0 Å². The van der Waals surface area contributed by atoms with Crippen LogP contribution in [0.15, 0.2) is 39.6 Å². The van der Waals surface area contributed by atoms with Crippen molar-refractivity contribution in [3.63, 3.8) is 0 Å². The van der Waals surface area contributed by atoms with Crippen LogP contribution in [0.5, 0.6) is 0 Å². The van der Waals surface area contributed by atoms with Crippen molar-refractivity contribution in [3.8, 4) is 0 Å². The fourth-order valence-electron chi connectivity index (χ4n) is 1.62. The third-order valence-electron chi connectivity index (χ3n) is 2.50. The summed E-state index contributed by atoms with van der Waals surface area (Å²) in [5.41, 5.74) is 2.06. The quantitative estimate of drug-likeness (QED) is 0.922. The van der Waals surface area contributed by atoms with Crippen LogP contribution in [0.1, 0.15) is 18.2 Å². The third kappa shape index (κ3) is 2.11. The van der Waals surface area contributed by atoms with E-state index in [0.717, 1.165) is 17.7 Å². The van der Waals surface area contributed by atoms with Crippen LogP contribution in [-0.4, -0.2) is 9.78 Å². The standard InChI is InChI=1S/C12H13BrN2O/c1-2-10-11(13)12(16)15(14-10)8-9-6-4-3-5-7-9/h3-7,14H,2,8H2,1H3. The normalized spacial score (nSPS) is 10.6. The van der Waals surface area contributed by atoms with Gasteiger partial charge in [0.2, 0.25) is 0 Å². The molecule has 0 fully saturated rings. The second-order valence-electron chi connectivity index (χ2n) is 3.63. The summed E-state index contributed by atoms with van der Waals surface area (Å²) >= 11 is 3.31. The molecule has 0 aliphatic rings. The number of rotatable bonds is 3. The number of nitrogens with one attached hydrogen (secondary N) is 1. The van der Waals surface area contributed by atoms with E-state index < -0.39 is 0 Å². The fourth-order valence-corrected chi connectivity index (χ4v) is 2.20. The first-order chi connectivity index (χ1) is 7.72. The third-order valence-corrected chi connectivity index (χ3v) is 3.32. The van der Waals surface area contributed by atoms with E-state index in [9.17, 15) is 4.79 Å². The Morgan fingerprint density at radius 2 is 2.00 bits per heavy atom. The highest BCUT2D eigenvalue weighted by molar-refractivity contribution is 9.10. The van der Waals surface area contributed by atoms with E-state index in [-0.39, 0.29) is 5.56 Å². The van der Waals surface area contributed by atoms with Crippen LogP contribution < -0.4 is 5.56 Å². The van der Waals surface area contributed by atoms with Crippen molar-refractivity contribution in [2.75, 3.05) is 0 Å². The maximum absolute atomic E-state index is 11.8. The molecule has 0 atom stereocenters. The molecule has 3 nitrogen and oxygen atoms in total. The Labute approximate surface area is 102 Å². The predicted octanol–water partition coefficient (Wildman–Crippen LogP) is 2.55. The summed E-state index contributed by atoms with van der Waals surface area (Å²) in [6.07, 6.45) is 0.817. The molecule has 84 valence electrons. The molecule has 2 rings (SSSR count). The van der Waals surface area contributed by atoms with Crippen molar-refractivity contribution in [3.05, 3.63) is 56.4 Å². The van der Waals surface area contributed by atoms with Crippen LogP contribution in [-0.2, 0) is 13.0 Å². The smallest absolute Gasteiger partial charge is 0.281 e. The molecular weight excluding hydrogens is 268 g/mol. The zero-order chi connectivity index (χ0) is 11.5. The van der Waals surface area contributed by atoms with Crippen LogP contribution in [0, 0.1) is 0 Å². The number of H-pyrrole nitrogens is 1. The Balaban J connectivity index is 2.33. The lowest BCUT2D eigenvalue weighted by molar-refractivity contribution is 0.652. The van der Waals surface area contributed by atoms with Crippen LogP contribution in [0.2, 0.25) is 0 Å². The van der Waals surface area contributed by atoms with Crippen molar-refractivity contribution < 1.29 is 0 Å². The predicted molar refractivity (Wildman–Crippen MR) is 67.7 cm³/mol. The zero-order valence-corrected chi connectivity index (χ0v) is 10.6. The molecule has 0 aliphatic carbocycles. The molecule has 0 saturated heterocycles. The molecule has 0 amide bonds. The van der Waals surface area contributed by atoms with Gasteiger partial charge in [-0.2, -0.15) is 0 Å². The lowest BCUT2D eigenvalue weighted by Crippen LogP contribution is -2.17. The average molecular weight is 281 g/mol. The van der Waals surface area contributed by atoms with E-state index in [1.165, 1.54) is 0 Å². The number of aryl methyl sites for hydroxylation is 1. The number of hydrogen-bond donors (Lipinski definition) is 1. The van der Waals surface area contributed by atoms with Crippen LogP contribution in [0.25, 0.3) is 0 Å². The largest absolute Gasteiger partial charge is 0.298 e. The topological polar surface area (TPSA) is 37.8 Å². The maximum atomic E-state index is 11.8. The first-order valence-corrected chi connectivity index (χ1v) is 6.02. The van der Waals surface area contributed by atoms with Gasteiger partial charge < -0.3 is 0 Å². The van der Waals surface area contributed by atoms with E-state index in [0.29, 0.717) is 11.0 Å². The van der Waals surface area contributed by atoms with Gasteiger partial charge in [-0.3, -0.25) is 9.89 Å². The first kappa shape index (κ1) is 11.2. The Morgan fingerprint density at radius 3 is 2.56 bits per heavy atom. The average Bonchev–Trinajstić information content (AvgIpc) is 2.58. The highest BCUT2D eigenvalue weighted by Gasteiger charge is 2.09. The SMILES string of the molecule is CCc1[nH]n(Cc2ccccc2)c(=O)c1Br. The van der Waals surface area contributed by atoms with Crippen LogP contribution in [0.3, 0.4) is 0 Å². The van der Waals surface area contributed by atoms with Gasteiger partial charge in [0.05, 0.1) is 12.2 Å². The molecule has 1 aromatic heterocycles. The number of aromatic nitrogens is 2. The highest BCUT2D eigenvalue weighted by atomic mass is 79.9. The summed E-state index contributed by atoms with van der Waals surface area (Å²) in [6, 6.07) is 9.92. The summed E-state index contributed by atoms with van der Waals surface area (Å²) in [6.45, 7) is 2.60. The Bertz CT molecular complexity index is 528. The van der Waals surface area contributed by atoms with Crippen molar-refractivity contribution >= 4 is 15.9 Å². The van der Waals surface area contributed by atoms with Crippen molar-refractivity contribution in [2.45, 2.75) is 19.9 Å². The number of hydrogen-bond acceptors (Lipinski definition) is 1. The van der Waals surface area contributed by atoms with Gasteiger partial charge in [-0.1, -0.05) is 37.3 Å². The summed E-state index contributed by atoms with van der Waals surface area (Å²) in [4.78, 5) is 11.8.